The molecule has 0 unspecified atom stereocenters. The fourth-order valence-corrected chi connectivity index (χ4v) is 3.83. The Kier molecular flexibility index (Phi) is 6.00. The Labute approximate surface area is 168 Å². The highest BCUT2D eigenvalue weighted by molar-refractivity contribution is 5.93. The number of aromatic nitrogens is 2. The van der Waals surface area contributed by atoms with Crippen LogP contribution >= 0.6 is 0 Å². The number of nitrogens with zero attached hydrogens (tertiary/aromatic N) is 3. The summed E-state index contributed by atoms with van der Waals surface area (Å²) in [5, 5.41) is 4.23. The molecule has 1 saturated heterocycles. The molecule has 1 aromatic carbocycles. The number of carbonyl (C=O) groups is 2. The van der Waals surface area contributed by atoms with E-state index in [0.717, 1.165) is 11.8 Å². The second-order valence-electron chi connectivity index (χ2n) is 7.54. The Hall–Kier alpha value is -2.77. The molecule has 1 fully saturated rings. The van der Waals surface area contributed by atoms with Gasteiger partial charge in [-0.3, -0.25) is 14.3 Å². The van der Waals surface area contributed by atoms with Crippen molar-refractivity contribution in [2.45, 2.75) is 33.1 Å². The number of esters is 1. The summed E-state index contributed by atoms with van der Waals surface area (Å²) in [6.07, 6.45) is 1.05. The van der Waals surface area contributed by atoms with Gasteiger partial charge in [-0.15, -0.1) is 0 Å². The average Bonchev–Trinajstić information content (AvgIpc) is 3.02. The van der Waals surface area contributed by atoms with Gasteiger partial charge in [0.05, 0.1) is 12.0 Å². The van der Waals surface area contributed by atoms with E-state index in [9.17, 15) is 18.4 Å². The number of carbonyl (C=O) groups excluding carboxylic acids is 2. The summed E-state index contributed by atoms with van der Waals surface area (Å²) >= 11 is 0. The van der Waals surface area contributed by atoms with Crippen molar-refractivity contribution in [3.8, 4) is 0 Å². The highest BCUT2D eigenvalue weighted by Crippen LogP contribution is 2.36. The zero-order chi connectivity index (χ0) is 21.2. The highest BCUT2D eigenvalue weighted by atomic mass is 19.1. The fourth-order valence-electron chi connectivity index (χ4n) is 3.83. The van der Waals surface area contributed by atoms with Crippen molar-refractivity contribution in [1.29, 1.82) is 0 Å². The zero-order valence-electron chi connectivity index (χ0n) is 16.9. The first kappa shape index (κ1) is 21.0. The average molecular weight is 405 g/mol. The van der Waals surface area contributed by atoms with E-state index < -0.39 is 23.0 Å². The molecule has 0 N–H and O–H groups in total. The van der Waals surface area contributed by atoms with E-state index in [1.54, 1.807) is 29.6 Å². The summed E-state index contributed by atoms with van der Waals surface area (Å²) in [7, 11) is 1.75. The van der Waals surface area contributed by atoms with Crippen LogP contribution in [0.25, 0.3) is 0 Å². The molecule has 1 aliphatic heterocycles. The van der Waals surface area contributed by atoms with Crippen LogP contribution in [-0.4, -0.2) is 46.3 Å². The van der Waals surface area contributed by atoms with Crippen LogP contribution in [0, 0.1) is 24.0 Å². The van der Waals surface area contributed by atoms with Crippen LogP contribution in [0.4, 0.5) is 8.78 Å². The first-order valence-electron chi connectivity index (χ1n) is 9.67. The maximum atomic E-state index is 14.3. The largest absolute Gasteiger partial charge is 0.466 e. The normalized spacial score (nSPS) is 19.3. The van der Waals surface area contributed by atoms with Gasteiger partial charge in [0.1, 0.15) is 11.6 Å². The topological polar surface area (TPSA) is 64.4 Å². The second-order valence-corrected chi connectivity index (χ2v) is 7.54. The monoisotopic (exact) mass is 405 g/mol. The lowest BCUT2D eigenvalue weighted by molar-refractivity contribution is -0.158. The molecule has 29 heavy (non-hydrogen) atoms. The molecular weight excluding hydrogens is 380 g/mol. The van der Waals surface area contributed by atoms with Crippen LogP contribution in [0.15, 0.2) is 24.3 Å². The minimum atomic E-state index is -1.09. The summed E-state index contributed by atoms with van der Waals surface area (Å²) in [5.41, 5.74) is 0.280. The van der Waals surface area contributed by atoms with Crippen LogP contribution in [0.1, 0.15) is 41.5 Å². The van der Waals surface area contributed by atoms with E-state index in [0.29, 0.717) is 25.1 Å². The van der Waals surface area contributed by atoms with Gasteiger partial charge in [0, 0.05) is 31.9 Å². The fraction of sp³-hybridized carbons (Fsp3) is 0.476. The maximum absolute atomic E-state index is 14.3. The Morgan fingerprint density at radius 1 is 1.28 bits per heavy atom. The smallest absolute Gasteiger partial charge is 0.314 e. The van der Waals surface area contributed by atoms with Gasteiger partial charge in [-0.05, 0) is 50.8 Å². The van der Waals surface area contributed by atoms with Crippen molar-refractivity contribution in [3.05, 3.63) is 52.9 Å². The predicted octanol–water partition coefficient (Wildman–Crippen LogP) is 3.03. The molecule has 0 saturated carbocycles. The summed E-state index contributed by atoms with van der Waals surface area (Å²) < 4.78 is 34.5. The number of hydrogen-bond acceptors (Lipinski definition) is 4. The predicted molar refractivity (Wildman–Crippen MR) is 102 cm³/mol. The Balaban J connectivity index is 1.91. The summed E-state index contributed by atoms with van der Waals surface area (Å²) in [4.78, 5) is 27.4. The lowest BCUT2D eigenvalue weighted by Crippen LogP contribution is -2.51. The number of piperidine rings is 1. The molecule has 1 aliphatic rings. The minimum Gasteiger partial charge on any atom is -0.466 e. The number of likely N-dealkylation sites (tertiary alicyclic amines) is 1. The molecule has 8 heteroatoms. The lowest BCUT2D eigenvalue weighted by atomic mass is 9.74. The molecule has 0 aliphatic carbocycles. The number of benzene rings is 1. The van der Waals surface area contributed by atoms with Crippen molar-refractivity contribution in [1.82, 2.24) is 14.7 Å². The van der Waals surface area contributed by atoms with E-state index in [2.05, 4.69) is 5.10 Å². The number of hydrogen-bond donors (Lipinski definition) is 0. The molecule has 156 valence electrons. The van der Waals surface area contributed by atoms with Crippen LogP contribution < -0.4 is 0 Å². The van der Waals surface area contributed by atoms with E-state index in [-0.39, 0.29) is 31.0 Å². The van der Waals surface area contributed by atoms with Gasteiger partial charge in [-0.25, -0.2) is 8.78 Å². The maximum Gasteiger partial charge on any atom is 0.314 e. The molecule has 1 aromatic heterocycles. The number of amides is 1. The first-order chi connectivity index (χ1) is 13.8. The van der Waals surface area contributed by atoms with Gasteiger partial charge in [0.25, 0.3) is 5.91 Å². The number of aryl methyl sites for hydroxylation is 2. The molecule has 0 spiro atoms. The third-order valence-corrected chi connectivity index (χ3v) is 5.45. The van der Waals surface area contributed by atoms with Crippen LogP contribution in [0.3, 0.4) is 0 Å². The second kappa shape index (κ2) is 8.31. The van der Waals surface area contributed by atoms with E-state index in [1.165, 1.54) is 12.1 Å². The molecule has 0 radical (unpaired) electrons. The summed E-state index contributed by atoms with van der Waals surface area (Å²) in [6, 6.07) is 5.01. The summed E-state index contributed by atoms with van der Waals surface area (Å²) in [6.45, 7) is 4.30. The minimum absolute atomic E-state index is 0.0307. The third kappa shape index (κ3) is 4.31. The molecule has 1 amide bonds. The quantitative estimate of drug-likeness (QED) is 0.718. The van der Waals surface area contributed by atoms with E-state index in [1.807, 2.05) is 6.92 Å². The first-order valence-corrected chi connectivity index (χ1v) is 9.67. The molecule has 3 rings (SSSR count). The molecule has 6 nitrogen and oxygen atoms in total. The standard InChI is InChI=1S/C21H25F2N3O3/c1-4-29-20(28)21(12-15-6-7-16(22)11-17(15)23)8-5-9-26(13-21)19(27)18-10-14(2)25(3)24-18/h6-7,10-11H,4-5,8-9,12-13H2,1-3H3/t21-/m0/s1. The third-order valence-electron chi connectivity index (χ3n) is 5.45. The van der Waals surface area contributed by atoms with Crippen molar-refractivity contribution in [3.63, 3.8) is 0 Å². The zero-order valence-corrected chi connectivity index (χ0v) is 16.9. The molecular formula is C21H25F2N3O3. The Bertz CT molecular complexity index is 908. The number of rotatable bonds is 5. The van der Waals surface area contributed by atoms with Crippen LogP contribution in [0.5, 0.6) is 0 Å². The molecule has 2 aromatic rings. The van der Waals surface area contributed by atoms with E-state index in [4.69, 9.17) is 4.74 Å². The lowest BCUT2D eigenvalue weighted by Gasteiger charge is -2.41. The molecule has 2 heterocycles. The van der Waals surface area contributed by atoms with Gasteiger partial charge < -0.3 is 9.64 Å². The van der Waals surface area contributed by atoms with Gasteiger partial charge in [-0.2, -0.15) is 5.10 Å². The number of ether oxygens (including phenoxy) is 1. The van der Waals surface area contributed by atoms with Crippen molar-refractivity contribution in [2.24, 2.45) is 12.5 Å². The molecule has 1 atom stereocenters. The van der Waals surface area contributed by atoms with Gasteiger partial charge >= 0.3 is 5.97 Å². The SMILES string of the molecule is CCOC(=O)[C@]1(Cc2ccc(F)cc2F)CCCN(C(=O)c2cc(C)n(C)n2)C1. The van der Waals surface area contributed by atoms with Gasteiger partial charge in [0.15, 0.2) is 5.69 Å². The summed E-state index contributed by atoms with van der Waals surface area (Å²) in [5.74, 6) is -2.14. The van der Waals surface area contributed by atoms with Gasteiger partial charge in [0.2, 0.25) is 0 Å². The van der Waals surface area contributed by atoms with Crippen molar-refractivity contribution >= 4 is 11.9 Å². The number of halogens is 2. The van der Waals surface area contributed by atoms with Crippen molar-refractivity contribution < 1.29 is 23.1 Å². The Morgan fingerprint density at radius 2 is 2.03 bits per heavy atom. The van der Waals surface area contributed by atoms with Gasteiger partial charge in [-0.1, -0.05) is 6.07 Å². The van der Waals surface area contributed by atoms with Crippen LogP contribution in [-0.2, 0) is 23.0 Å². The van der Waals surface area contributed by atoms with E-state index >= 15 is 0 Å². The molecule has 0 bridgehead atoms. The highest BCUT2D eigenvalue weighted by Gasteiger charge is 2.45. The Morgan fingerprint density at radius 3 is 2.66 bits per heavy atom. The van der Waals surface area contributed by atoms with Crippen LogP contribution in [0.2, 0.25) is 0 Å². The van der Waals surface area contributed by atoms with Crippen molar-refractivity contribution in [2.75, 3.05) is 19.7 Å².